The highest BCUT2D eigenvalue weighted by atomic mass is 32.2. The zero-order valence-corrected chi connectivity index (χ0v) is 17.8. The van der Waals surface area contributed by atoms with E-state index in [1.807, 2.05) is 56.3 Å². The average molecular weight is 399 g/mol. The molecule has 0 unspecified atom stereocenters. The number of hydrogen-bond donors (Lipinski definition) is 1. The molecule has 28 heavy (non-hydrogen) atoms. The Morgan fingerprint density at radius 1 is 1.04 bits per heavy atom. The van der Waals surface area contributed by atoms with E-state index in [1.54, 1.807) is 16.7 Å². The zero-order valence-electron chi connectivity index (χ0n) is 17.0. The summed E-state index contributed by atoms with van der Waals surface area (Å²) in [6, 6.07) is 17.6. The molecule has 0 fully saturated rings. The highest BCUT2D eigenvalue weighted by Crippen LogP contribution is 2.19. The van der Waals surface area contributed by atoms with Gasteiger partial charge in [-0.05, 0) is 37.0 Å². The number of amides is 2. The van der Waals surface area contributed by atoms with Gasteiger partial charge in [0, 0.05) is 18.8 Å². The normalized spacial score (nSPS) is 11.7. The van der Waals surface area contributed by atoms with E-state index in [0.29, 0.717) is 25.3 Å². The molecule has 0 saturated carbocycles. The number of benzene rings is 2. The van der Waals surface area contributed by atoms with Gasteiger partial charge in [0.25, 0.3) is 0 Å². The predicted molar refractivity (Wildman–Crippen MR) is 117 cm³/mol. The van der Waals surface area contributed by atoms with Crippen LogP contribution in [-0.2, 0) is 21.9 Å². The summed E-state index contributed by atoms with van der Waals surface area (Å²) in [4.78, 5) is 27.3. The van der Waals surface area contributed by atoms with Crippen LogP contribution in [0.5, 0.6) is 0 Å². The monoisotopic (exact) mass is 398 g/mol. The van der Waals surface area contributed by atoms with Gasteiger partial charge in [0.1, 0.15) is 6.04 Å². The first-order valence-corrected chi connectivity index (χ1v) is 11.0. The highest BCUT2D eigenvalue weighted by Gasteiger charge is 2.28. The molecule has 0 aromatic heterocycles. The van der Waals surface area contributed by atoms with E-state index in [4.69, 9.17) is 0 Å². The molecule has 0 aliphatic heterocycles. The van der Waals surface area contributed by atoms with Crippen molar-refractivity contribution < 1.29 is 9.59 Å². The Morgan fingerprint density at radius 3 is 2.36 bits per heavy atom. The Labute approximate surface area is 172 Å². The van der Waals surface area contributed by atoms with Gasteiger partial charge in [0.05, 0.1) is 5.75 Å². The number of rotatable bonds is 10. The standard InChI is InChI=1S/C23H30N2O2S/c1-4-21(23(27)24-5-2)25(15-19-12-7-6-8-13-19)22(26)17-28-16-20-14-10-9-11-18(20)3/h6-14,21H,4-5,15-17H2,1-3H3,(H,24,27)/t21-/m0/s1. The fourth-order valence-corrected chi connectivity index (χ4v) is 4.08. The van der Waals surface area contributed by atoms with E-state index in [-0.39, 0.29) is 11.8 Å². The third kappa shape index (κ3) is 6.41. The van der Waals surface area contributed by atoms with Crippen molar-refractivity contribution in [3.05, 3.63) is 71.3 Å². The SMILES string of the molecule is CCNC(=O)[C@H](CC)N(Cc1ccccc1)C(=O)CSCc1ccccc1C. The van der Waals surface area contributed by atoms with Crippen molar-refractivity contribution in [3.63, 3.8) is 0 Å². The molecule has 1 N–H and O–H groups in total. The summed E-state index contributed by atoms with van der Waals surface area (Å²) in [5.41, 5.74) is 3.51. The molecular weight excluding hydrogens is 368 g/mol. The van der Waals surface area contributed by atoms with E-state index in [2.05, 4.69) is 24.4 Å². The second-order valence-corrected chi connectivity index (χ2v) is 7.73. The molecule has 150 valence electrons. The Kier molecular flexibility index (Phi) is 9.08. The maximum atomic E-state index is 13.1. The number of nitrogens with one attached hydrogen (secondary N) is 1. The van der Waals surface area contributed by atoms with Crippen LogP contribution in [0.4, 0.5) is 0 Å². The third-order valence-corrected chi connectivity index (χ3v) is 5.64. The van der Waals surface area contributed by atoms with Crippen LogP contribution in [0.15, 0.2) is 54.6 Å². The first-order valence-electron chi connectivity index (χ1n) is 9.80. The first kappa shape index (κ1) is 22.0. The van der Waals surface area contributed by atoms with Crippen LogP contribution < -0.4 is 5.32 Å². The molecule has 2 rings (SSSR count). The number of hydrogen-bond acceptors (Lipinski definition) is 3. The van der Waals surface area contributed by atoms with Crippen molar-refractivity contribution in [2.45, 2.75) is 45.5 Å². The van der Waals surface area contributed by atoms with Gasteiger partial charge in [-0.1, -0.05) is 61.5 Å². The van der Waals surface area contributed by atoms with Crippen LogP contribution in [0, 0.1) is 6.92 Å². The number of aryl methyl sites for hydroxylation is 1. The van der Waals surface area contributed by atoms with Crippen molar-refractivity contribution in [1.29, 1.82) is 0 Å². The summed E-state index contributed by atoms with van der Waals surface area (Å²) in [7, 11) is 0. The quantitative estimate of drug-likeness (QED) is 0.653. The van der Waals surface area contributed by atoms with Crippen LogP contribution in [0.2, 0.25) is 0 Å². The van der Waals surface area contributed by atoms with Crippen LogP contribution in [0.25, 0.3) is 0 Å². The molecule has 5 heteroatoms. The molecule has 2 aromatic rings. The summed E-state index contributed by atoms with van der Waals surface area (Å²) >= 11 is 1.60. The maximum Gasteiger partial charge on any atom is 0.242 e. The molecule has 0 aliphatic carbocycles. The lowest BCUT2D eigenvalue weighted by molar-refractivity contribution is -0.139. The second kappa shape index (κ2) is 11.5. The van der Waals surface area contributed by atoms with Gasteiger partial charge in [0.2, 0.25) is 11.8 Å². The molecule has 0 aliphatic rings. The van der Waals surface area contributed by atoms with Gasteiger partial charge in [-0.3, -0.25) is 9.59 Å². The number of nitrogens with zero attached hydrogens (tertiary/aromatic N) is 1. The predicted octanol–water partition coefficient (Wildman–Crippen LogP) is 4.17. The van der Waals surface area contributed by atoms with Gasteiger partial charge in [0.15, 0.2) is 0 Å². The van der Waals surface area contributed by atoms with Crippen molar-refractivity contribution in [3.8, 4) is 0 Å². The summed E-state index contributed by atoms with van der Waals surface area (Å²) in [6.45, 7) is 6.93. The van der Waals surface area contributed by atoms with Crippen LogP contribution in [0.1, 0.15) is 37.0 Å². The molecule has 0 saturated heterocycles. The molecule has 2 aromatic carbocycles. The van der Waals surface area contributed by atoms with Gasteiger partial charge >= 0.3 is 0 Å². The minimum absolute atomic E-state index is 0.000500. The highest BCUT2D eigenvalue weighted by molar-refractivity contribution is 7.99. The van der Waals surface area contributed by atoms with Crippen molar-refractivity contribution in [2.75, 3.05) is 12.3 Å². The topological polar surface area (TPSA) is 49.4 Å². The van der Waals surface area contributed by atoms with Gasteiger partial charge in [-0.15, -0.1) is 11.8 Å². The zero-order chi connectivity index (χ0) is 20.4. The van der Waals surface area contributed by atoms with Crippen molar-refractivity contribution in [1.82, 2.24) is 10.2 Å². The Hall–Kier alpha value is -2.27. The summed E-state index contributed by atoms with van der Waals surface area (Å²) in [5.74, 6) is 1.06. The molecule has 0 bridgehead atoms. The Bertz CT molecular complexity index is 764. The fourth-order valence-electron chi connectivity index (χ4n) is 3.09. The molecule has 2 amide bonds. The molecule has 0 spiro atoms. The number of thioether (sulfide) groups is 1. The largest absolute Gasteiger partial charge is 0.355 e. The van der Waals surface area contributed by atoms with E-state index in [1.165, 1.54) is 11.1 Å². The summed E-state index contributed by atoms with van der Waals surface area (Å²) in [5, 5.41) is 2.87. The van der Waals surface area contributed by atoms with Gasteiger partial charge < -0.3 is 10.2 Å². The number of carbonyl (C=O) groups is 2. The molecule has 0 heterocycles. The molecule has 1 atom stereocenters. The lowest BCUT2D eigenvalue weighted by Gasteiger charge is -2.30. The first-order chi connectivity index (χ1) is 13.6. The minimum atomic E-state index is -0.452. The van der Waals surface area contributed by atoms with E-state index >= 15 is 0 Å². The van der Waals surface area contributed by atoms with Crippen LogP contribution in [-0.4, -0.2) is 35.1 Å². The van der Waals surface area contributed by atoms with E-state index in [0.717, 1.165) is 11.3 Å². The van der Waals surface area contributed by atoms with Gasteiger partial charge in [-0.25, -0.2) is 0 Å². The second-order valence-electron chi connectivity index (χ2n) is 6.75. The Morgan fingerprint density at radius 2 is 1.71 bits per heavy atom. The van der Waals surface area contributed by atoms with Crippen molar-refractivity contribution >= 4 is 23.6 Å². The number of likely N-dealkylation sites (N-methyl/N-ethyl adjacent to an activating group) is 1. The average Bonchev–Trinajstić information content (AvgIpc) is 2.70. The molecular formula is C23H30N2O2S. The number of carbonyl (C=O) groups excluding carboxylic acids is 2. The fraction of sp³-hybridized carbons (Fsp3) is 0.391. The van der Waals surface area contributed by atoms with E-state index in [9.17, 15) is 9.59 Å². The smallest absolute Gasteiger partial charge is 0.242 e. The third-order valence-electron chi connectivity index (χ3n) is 4.68. The molecule has 4 nitrogen and oxygen atoms in total. The summed E-state index contributed by atoms with van der Waals surface area (Å²) < 4.78 is 0. The maximum absolute atomic E-state index is 13.1. The Balaban J connectivity index is 2.09. The van der Waals surface area contributed by atoms with E-state index < -0.39 is 6.04 Å². The minimum Gasteiger partial charge on any atom is -0.355 e. The lowest BCUT2D eigenvalue weighted by atomic mass is 10.1. The lowest BCUT2D eigenvalue weighted by Crippen LogP contribution is -2.49. The van der Waals surface area contributed by atoms with Crippen molar-refractivity contribution in [2.24, 2.45) is 0 Å². The molecule has 0 radical (unpaired) electrons. The summed E-state index contributed by atoms with van der Waals surface area (Å²) in [6.07, 6.45) is 0.590. The van der Waals surface area contributed by atoms with Crippen LogP contribution in [0.3, 0.4) is 0 Å². The van der Waals surface area contributed by atoms with Crippen LogP contribution >= 0.6 is 11.8 Å². The van der Waals surface area contributed by atoms with Gasteiger partial charge in [-0.2, -0.15) is 0 Å².